The summed E-state index contributed by atoms with van der Waals surface area (Å²) in [6, 6.07) is 13.8. The van der Waals surface area contributed by atoms with Gasteiger partial charge in [0.1, 0.15) is 11.6 Å². The van der Waals surface area contributed by atoms with Crippen LogP contribution in [-0.2, 0) is 11.3 Å². The second-order valence-electron chi connectivity index (χ2n) is 7.17. The first-order valence-electron chi connectivity index (χ1n) is 10.1. The van der Waals surface area contributed by atoms with E-state index in [-0.39, 0.29) is 11.7 Å². The summed E-state index contributed by atoms with van der Waals surface area (Å²) in [6.45, 7) is 2.06. The van der Waals surface area contributed by atoms with Gasteiger partial charge in [0, 0.05) is 24.5 Å². The van der Waals surface area contributed by atoms with Crippen LogP contribution < -0.4 is 10.1 Å². The fraction of sp³-hybridized carbons (Fsp3) is 0.318. The van der Waals surface area contributed by atoms with E-state index in [9.17, 15) is 9.18 Å². The predicted molar refractivity (Wildman–Crippen MR) is 118 cm³/mol. The molecule has 2 heterocycles. The number of amides is 1. The molecule has 0 aliphatic carbocycles. The Morgan fingerprint density at radius 3 is 2.48 bits per heavy atom. The molecular weight excluding hydrogens is 417 g/mol. The zero-order valence-corrected chi connectivity index (χ0v) is 18.1. The molecule has 1 aliphatic rings. The second kappa shape index (κ2) is 9.82. The van der Waals surface area contributed by atoms with E-state index in [0.717, 1.165) is 43.1 Å². The third kappa shape index (κ3) is 5.16. The molecule has 0 spiro atoms. The molecule has 0 radical (unpaired) electrons. The Morgan fingerprint density at radius 1 is 1.10 bits per heavy atom. The normalized spacial score (nSPS) is 13.4. The summed E-state index contributed by atoms with van der Waals surface area (Å²) in [5.74, 6) is 1.59. The van der Waals surface area contributed by atoms with E-state index in [2.05, 4.69) is 15.5 Å². The van der Waals surface area contributed by atoms with Gasteiger partial charge < -0.3 is 15.0 Å². The van der Waals surface area contributed by atoms with Crippen LogP contribution in [0, 0.1) is 5.82 Å². The van der Waals surface area contributed by atoms with Gasteiger partial charge in [-0.15, -0.1) is 10.2 Å². The number of rotatable bonds is 8. The van der Waals surface area contributed by atoms with E-state index in [0.29, 0.717) is 23.3 Å². The molecule has 0 unspecified atom stereocenters. The minimum absolute atomic E-state index is 0.123. The number of anilines is 1. The molecule has 0 saturated carbocycles. The fourth-order valence-electron chi connectivity index (χ4n) is 3.43. The van der Waals surface area contributed by atoms with Gasteiger partial charge in [0.2, 0.25) is 5.91 Å². The van der Waals surface area contributed by atoms with Crippen LogP contribution in [-0.4, -0.2) is 51.5 Å². The van der Waals surface area contributed by atoms with Crippen LogP contribution >= 0.6 is 11.8 Å². The largest absolute Gasteiger partial charge is 0.497 e. The number of ether oxygens (including phenoxy) is 1. The first-order valence-corrected chi connectivity index (χ1v) is 11.1. The molecule has 1 aliphatic heterocycles. The first-order chi connectivity index (χ1) is 15.1. The van der Waals surface area contributed by atoms with Gasteiger partial charge in [0.05, 0.1) is 19.4 Å². The van der Waals surface area contributed by atoms with E-state index >= 15 is 0 Å². The summed E-state index contributed by atoms with van der Waals surface area (Å²) in [6.07, 6.45) is 2.13. The molecule has 9 heteroatoms. The van der Waals surface area contributed by atoms with Crippen LogP contribution in [0.3, 0.4) is 0 Å². The van der Waals surface area contributed by atoms with Crippen molar-refractivity contribution in [2.24, 2.45) is 0 Å². The number of hydrogen-bond donors (Lipinski definition) is 1. The average Bonchev–Trinajstić information content (AvgIpc) is 3.47. The van der Waals surface area contributed by atoms with Crippen molar-refractivity contribution in [1.29, 1.82) is 0 Å². The Labute approximate surface area is 184 Å². The number of nitrogens with zero attached hydrogens (tertiary/aromatic N) is 4. The number of carbonyl (C=O) groups excluding carboxylic acids is 1. The number of benzene rings is 2. The van der Waals surface area contributed by atoms with Crippen molar-refractivity contribution < 1.29 is 13.9 Å². The van der Waals surface area contributed by atoms with E-state index < -0.39 is 0 Å². The van der Waals surface area contributed by atoms with Crippen molar-refractivity contribution in [3.63, 3.8) is 0 Å². The van der Waals surface area contributed by atoms with Gasteiger partial charge >= 0.3 is 0 Å². The van der Waals surface area contributed by atoms with Crippen molar-refractivity contribution in [2.75, 3.05) is 31.3 Å². The number of hydrogen-bond acceptors (Lipinski definition) is 6. The van der Waals surface area contributed by atoms with Gasteiger partial charge in [-0.25, -0.2) is 4.39 Å². The maximum Gasteiger partial charge on any atom is 0.233 e. The Morgan fingerprint density at radius 2 is 1.81 bits per heavy atom. The third-order valence-electron chi connectivity index (χ3n) is 5.11. The van der Waals surface area contributed by atoms with Crippen LogP contribution in [0.1, 0.15) is 18.7 Å². The summed E-state index contributed by atoms with van der Waals surface area (Å²) in [5, 5.41) is 12.6. The summed E-state index contributed by atoms with van der Waals surface area (Å²) < 4.78 is 20.4. The molecule has 31 heavy (non-hydrogen) atoms. The van der Waals surface area contributed by atoms with Crippen LogP contribution in [0.25, 0.3) is 5.69 Å². The number of likely N-dealkylation sites (tertiary alicyclic amines) is 1. The summed E-state index contributed by atoms with van der Waals surface area (Å²) in [5.41, 5.74) is 1.65. The van der Waals surface area contributed by atoms with E-state index in [1.807, 2.05) is 33.7 Å². The highest BCUT2D eigenvalue weighted by Gasteiger charge is 2.20. The minimum Gasteiger partial charge on any atom is -0.497 e. The SMILES string of the molecule is COc1ccc(-n2c(CNc3ccc(F)cc3)nnc2SCC(=O)N2CCCC2)cc1. The number of thioether (sulfide) groups is 1. The second-order valence-corrected chi connectivity index (χ2v) is 8.11. The molecule has 162 valence electrons. The van der Waals surface area contributed by atoms with E-state index in [1.54, 1.807) is 19.2 Å². The summed E-state index contributed by atoms with van der Waals surface area (Å²) >= 11 is 1.38. The van der Waals surface area contributed by atoms with Crippen LogP contribution in [0.5, 0.6) is 5.75 Å². The lowest BCUT2D eigenvalue weighted by Crippen LogP contribution is -2.29. The highest BCUT2D eigenvalue weighted by Crippen LogP contribution is 2.25. The number of aromatic nitrogens is 3. The molecule has 0 bridgehead atoms. The third-order valence-corrected chi connectivity index (χ3v) is 6.02. The van der Waals surface area contributed by atoms with Gasteiger partial charge in [-0.3, -0.25) is 9.36 Å². The smallest absolute Gasteiger partial charge is 0.233 e. The van der Waals surface area contributed by atoms with Crippen molar-refractivity contribution >= 4 is 23.4 Å². The van der Waals surface area contributed by atoms with Gasteiger partial charge in [0.25, 0.3) is 0 Å². The Kier molecular flexibility index (Phi) is 6.71. The zero-order valence-electron chi connectivity index (χ0n) is 17.3. The topological polar surface area (TPSA) is 72.3 Å². The van der Waals surface area contributed by atoms with Crippen molar-refractivity contribution in [3.8, 4) is 11.4 Å². The number of halogens is 1. The van der Waals surface area contributed by atoms with Gasteiger partial charge in [0.15, 0.2) is 11.0 Å². The molecule has 1 amide bonds. The molecule has 2 aromatic carbocycles. The van der Waals surface area contributed by atoms with Crippen LogP contribution in [0.15, 0.2) is 53.7 Å². The Balaban J connectivity index is 1.54. The zero-order chi connectivity index (χ0) is 21.6. The Bertz CT molecular complexity index is 1020. The molecule has 1 saturated heterocycles. The molecule has 3 aromatic rings. The number of carbonyl (C=O) groups is 1. The Hall–Kier alpha value is -3.07. The molecule has 4 rings (SSSR count). The molecule has 1 fully saturated rings. The molecule has 1 N–H and O–H groups in total. The monoisotopic (exact) mass is 441 g/mol. The van der Waals surface area contributed by atoms with Gasteiger partial charge in [-0.1, -0.05) is 11.8 Å². The van der Waals surface area contributed by atoms with Crippen molar-refractivity contribution in [1.82, 2.24) is 19.7 Å². The lowest BCUT2D eigenvalue weighted by molar-refractivity contribution is -0.127. The lowest BCUT2D eigenvalue weighted by Gasteiger charge is -2.15. The predicted octanol–water partition coefficient (Wildman–Crippen LogP) is 3.74. The number of nitrogens with one attached hydrogen (secondary N) is 1. The van der Waals surface area contributed by atoms with Gasteiger partial charge in [-0.2, -0.15) is 0 Å². The highest BCUT2D eigenvalue weighted by molar-refractivity contribution is 7.99. The standard InChI is InChI=1S/C22H24FN5O2S/c1-30-19-10-8-18(9-11-19)28-20(14-24-17-6-4-16(23)5-7-17)25-26-22(28)31-15-21(29)27-12-2-3-13-27/h4-11,24H,2-3,12-15H2,1H3. The quantitative estimate of drug-likeness (QED) is 0.537. The summed E-state index contributed by atoms with van der Waals surface area (Å²) in [7, 11) is 1.62. The maximum absolute atomic E-state index is 13.2. The van der Waals surface area contributed by atoms with Crippen LogP contribution in [0.4, 0.5) is 10.1 Å². The number of methoxy groups -OCH3 is 1. The van der Waals surface area contributed by atoms with Crippen molar-refractivity contribution in [3.05, 3.63) is 60.2 Å². The van der Waals surface area contributed by atoms with Gasteiger partial charge in [-0.05, 0) is 61.4 Å². The molecule has 7 nitrogen and oxygen atoms in total. The van der Waals surface area contributed by atoms with Crippen LogP contribution in [0.2, 0.25) is 0 Å². The molecule has 0 atom stereocenters. The fourth-order valence-corrected chi connectivity index (χ4v) is 4.31. The maximum atomic E-state index is 13.2. The minimum atomic E-state index is -0.284. The molecule has 1 aromatic heterocycles. The average molecular weight is 442 g/mol. The molecular formula is C22H24FN5O2S. The highest BCUT2D eigenvalue weighted by atomic mass is 32.2. The lowest BCUT2D eigenvalue weighted by atomic mass is 10.3. The van der Waals surface area contributed by atoms with E-state index in [1.165, 1.54) is 23.9 Å². The first kappa shape index (κ1) is 21.2. The van der Waals surface area contributed by atoms with Crippen molar-refractivity contribution in [2.45, 2.75) is 24.5 Å². The summed E-state index contributed by atoms with van der Waals surface area (Å²) in [4.78, 5) is 14.4. The van der Waals surface area contributed by atoms with E-state index in [4.69, 9.17) is 4.74 Å².